The van der Waals surface area contributed by atoms with E-state index >= 15 is 0 Å². The molecular formula is C16H22N2O2S. The summed E-state index contributed by atoms with van der Waals surface area (Å²) in [7, 11) is 1.40. The lowest BCUT2D eigenvalue weighted by atomic mass is 9.96. The van der Waals surface area contributed by atoms with Gasteiger partial charge >= 0.3 is 5.97 Å². The summed E-state index contributed by atoms with van der Waals surface area (Å²) < 4.78 is 4.90. The molecule has 1 saturated heterocycles. The summed E-state index contributed by atoms with van der Waals surface area (Å²) in [5, 5.41) is 4.32. The standard InChI is InChI=1S/C16H22N2O2S/c1-4-16(5-2)11-21-15(18-16)17-13(14(19)20-3)12-9-7-6-8-10-12/h6-10,13H,4-5,11H2,1-3H3,(H,17,18). The third-order valence-electron chi connectivity index (χ3n) is 4.00. The van der Waals surface area contributed by atoms with Crippen LogP contribution < -0.4 is 5.32 Å². The normalized spacial score (nSPS) is 20.0. The molecule has 1 aromatic carbocycles. The Balaban J connectivity index is 2.24. The number of nitrogens with one attached hydrogen (secondary N) is 1. The lowest BCUT2D eigenvalue weighted by molar-refractivity contribution is -0.142. The van der Waals surface area contributed by atoms with Gasteiger partial charge in [0.2, 0.25) is 0 Å². The van der Waals surface area contributed by atoms with Crippen molar-refractivity contribution in [2.24, 2.45) is 4.99 Å². The van der Waals surface area contributed by atoms with Crippen LogP contribution in [0.15, 0.2) is 35.3 Å². The summed E-state index contributed by atoms with van der Waals surface area (Å²) in [6, 6.07) is 8.94. The van der Waals surface area contributed by atoms with Crippen molar-refractivity contribution in [2.75, 3.05) is 12.9 Å². The molecule has 114 valence electrons. The molecule has 1 N–H and O–H groups in total. The SMILES string of the molecule is CCC1(CC)CSC(=NC(C(=O)OC)c2ccccc2)N1. The van der Waals surface area contributed by atoms with Crippen LogP contribution in [0, 0.1) is 0 Å². The number of carbonyl (C=O) groups is 1. The molecule has 1 unspecified atom stereocenters. The minimum absolute atomic E-state index is 0.0981. The minimum atomic E-state index is -0.601. The van der Waals surface area contributed by atoms with E-state index in [4.69, 9.17) is 4.74 Å². The number of amidine groups is 1. The molecule has 1 atom stereocenters. The average molecular weight is 306 g/mol. The number of hydrogen-bond acceptors (Lipinski definition) is 4. The molecule has 1 fully saturated rings. The minimum Gasteiger partial charge on any atom is -0.467 e. The van der Waals surface area contributed by atoms with Crippen LogP contribution in [0.5, 0.6) is 0 Å². The zero-order chi connectivity index (χ0) is 15.3. The zero-order valence-electron chi connectivity index (χ0n) is 12.8. The molecule has 5 heteroatoms. The van der Waals surface area contributed by atoms with E-state index in [9.17, 15) is 4.79 Å². The van der Waals surface area contributed by atoms with Crippen molar-refractivity contribution in [3.8, 4) is 0 Å². The first kappa shape index (κ1) is 15.9. The number of carbonyl (C=O) groups excluding carboxylic acids is 1. The van der Waals surface area contributed by atoms with Crippen molar-refractivity contribution in [3.63, 3.8) is 0 Å². The number of benzene rings is 1. The number of hydrogen-bond donors (Lipinski definition) is 1. The van der Waals surface area contributed by atoms with E-state index in [-0.39, 0.29) is 11.5 Å². The summed E-state index contributed by atoms with van der Waals surface area (Å²) in [5.74, 6) is 0.656. The highest BCUT2D eigenvalue weighted by Gasteiger charge is 2.35. The van der Waals surface area contributed by atoms with E-state index in [0.29, 0.717) is 0 Å². The monoisotopic (exact) mass is 306 g/mol. The molecule has 4 nitrogen and oxygen atoms in total. The molecule has 21 heavy (non-hydrogen) atoms. The molecular weight excluding hydrogens is 284 g/mol. The fourth-order valence-electron chi connectivity index (χ4n) is 2.33. The third-order valence-corrected chi connectivity index (χ3v) is 5.17. The Hall–Kier alpha value is -1.49. The second kappa shape index (κ2) is 6.98. The van der Waals surface area contributed by atoms with Crippen molar-refractivity contribution in [3.05, 3.63) is 35.9 Å². The van der Waals surface area contributed by atoms with Crippen LogP contribution in [0.3, 0.4) is 0 Å². The van der Waals surface area contributed by atoms with Crippen molar-refractivity contribution >= 4 is 22.9 Å². The first-order valence-electron chi connectivity index (χ1n) is 7.25. The lowest BCUT2D eigenvalue weighted by Crippen LogP contribution is -2.42. The van der Waals surface area contributed by atoms with Crippen LogP contribution in [-0.4, -0.2) is 29.5 Å². The molecule has 0 bridgehead atoms. The van der Waals surface area contributed by atoms with Gasteiger partial charge in [0.05, 0.1) is 7.11 Å². The Morgan fingerprint density at radius 1 is 1.38 bits per heavy atom. The van der Waals surface area contributed by atoms with Gasteiger partial charge in [-0.15, -0.1) is 0 Å². The molecule has 1 aliphatic heterocycles. The molecule has 1 heterocycles. The summed E-state index contributed by atoms with van der Waals surface area (Å²) in [6.45, 7) is 4.35. The first-order chi connectivity index (χ1) is 10.1. The topological polar surface area (TPSA) is 50.7 Å². The first-order valence-corrected chi connectivity index (χ1v) is 8.24. The number of nitrogens with zero attached hydrogens (tertiary/aromatic N) is 1. The molecule has 0 aromatic heterocycles. The maximum atomic E-state index is 12.0. The van der Waals surface area contributed by atoms with Crippen LogP contribution in [0.4, 0.5) is 0 Å². The van der Waals surface area contributed by atoms with Crippen molar-refractivity contribution in [1.82, 2.24) is 5.32 Å². The van der Waals surface area contributed by atoms with E-state index in [2.05, 4.69) is 24.2 Å². The second-order valence-corrected chi connectivity index (χ2v) is 6.14. The van der Waals surface area contributed by atoms with Crippen molar-refractivity contribution < 1.29 is 9.53 Å². The van der Waals surface area contributed by atoms with Gasteiger partial charge in [0.25, 0.3) is 0 Å². The number of rotatable bonds is 5. The maximum absolute atomic E-state index is 12.0. The van der Waals surface area contributed by atoms with Gasteiger partial charge in [-0.25, -0.2) is 9.79 Å². The Kier molecular flexibility index (Phi) is 5.28. The molecule has 0 aliphatic carbocycles. The lowest BCUT2D eigenvalue weighted by Gasteiger charge is -2.25. The molecule has 0 saturated carbocycles. The predicted molar refractivity (Wildman–Crippen MR) is 87.5 cm³/mol. The Morgan fingerprint density at radius 3 is 2.57 bits per heavy atom. The van der Waals surface area contributed by atoms with Gasteiger partial charge in [-0.1, -0.05) is 55.9 Å². The number of esters is 1. The van der Waals surface area contributed by atoms with E-state index in [0.717, 1.165) is 29.3 Å². The van der Waals surface area contributed by atoms with Crippen LogP contribution in [0.25, 0.3) is 0 Å². The highest BCUT2D eigenvalue weighted by Crippen LogP contribution is 2.31. The van der Waals surface area contributed by atoms with Gasteiger partial charge in [-0.3, -0.25) is 0 Å². The summed E-state index contributed by atoms with van der Waals surface area (Å²) in [6.07, 6.45) is 2.09. The maximum Gasteiger partial charge on any atom is 0.335 e. The quantitative estimate of drug-likeness (QED) is 0.849. The smallest absolute Gasteiger partial charge is 0.335 e. The van der Waals surface area contributed by atoms with Crippen molar-refractivity contribution in [2.45, 2.75) is 38.3 Å². The summed E-state index contributed by atoms with van der Waals surface area (Å²) in [4.78, 5) is 16.6. The average Bonchev–Trinajstić information content (AvgIpc) is 2.96. The van der Waals surface area contributed by atoms with E-state index < -0.39 is 6.04 Å². The predicted octanol–water partition coefficient (Wildman–Crippen LogP) is 3.15. The van der Waals surface area contributed by atoms with Gasteiger partial charge in [0.1, 0.15) is 0 Å². The van der Waals surface area contributed by atoms with Gasteiger partial charge in [-0.05, 0) is 18.4 Å². The van der Waals surface area contributed by atoms with E-state index in [1.165, 1.54) is 7.11 Å². The number of thioether (sulfide) groups is 1. The fourth-order valence-corrected chi connectivity index (χ4v) is 3.70. The fraction of sp³-hybridized carbons (Fsp3) is 0.500. The van der Waals surface area contributed by atoms with Crippen LogP contribution in [-0.2, 0) is 9.53 Å². The summed E-state index contributed by atoms with van der Waals surface area (Å²) >= 11 is 1.68. The summed E-state index contributed by atoms with van der Waals surface area (Å²) in [5.41, 5.74) is 0.950. The molecule has 0 radical (unpaired) electrons. The highest BCUT2D eigenvalue weighted by molar-refractivity contribution is 8.14. The highest BCUT2D eigenvalue weighted by atomic mass is 32.2. The van der Waals surface area contributed by atoms with Crippen LogP contribution in [0.1, 0.15) is 38.3 Å². The van der Waals surface area contributed by atoms with Crippen LogP contribution >= 0.6 is 11.8 Å². The second-order valence-electron chi connectivity index (χ2n) is 5.17. The Bertz CT molecular complexity index is 512. The molecule has 1 aromatic rings. The number of methoxy groups -OCH3 is 1. The van der Waals surface area contributed by atoms with Crippen LogP contribution in [0.2, 0.25) is 0 Å². The Labute approximate surface area is 130 Å². The van der Waals surface area contributed by atoms with Gasteiger partial charge in [0, 0.05) is 11.3 Å². The largest absolute Gasteiger partial charge is 0.467 e. The number of aliphatic imine (C=N–C) groups is 1. The molecule has 0 amide bonds. The molecule has 0 spiro atoms. The third kappa shape index (κ3) is 3.59. The molecule has 2 rings (SSSR count). The van der Waals surface area contributed by atoms with E-state index in [1.54, 1.807) is 11.8 Å². The zero-order valence-corrected chi connectivity index (χ0v) is 13.6. The molecule has 1 aliphatic rings. The van der Waals surface area contributed by atoms with E-state index in [1.807, 2.05) is 30.3 Å². The van der Waals surface area contributed by atoms with Crippen molar-refractivity contribution in [1.29, 1.82) is 0 Å². The van der Waals surface area contributed by atoms with Gasteiger partial charge in [-0.2, -0.15) is 0 Å². The number of ether oxygens (including phenoxy) is 1. The Morgan fingerprint density at radius 2 is 2.05 bits per heavy atom. The van der Waals surface area contributed by atoms with Gasteiger partial charge in [0.15, 0.2) is 11.2 Å². The van der Waals surface area contributed by atoms with Gasteiger partial charge < -0.3 is 10.1 Å².